The van der Waals surface area contributed by atoms with Gasteiger partial charge in [0.05, 0.1) is 5.69 Å². The Labute approximate surface area is 140 Å². The maximum atomic E-state index is 12.0. The predicted octanol–water partition coefficient (Wildman–Crippen LogP) is 1.78. The van der Waals surface area contributed by atoms with Gasteiger partial charge in [-0.05, 0) is 45.8 Å². The number of carbonyl (C=O) groups excluding carboxylic acids is 1. The van der Waals surface area contributed by atoms with E-state index in [4.69, 9.17) is 0 Å². The Kier molecular flexibility index (Phi) is 11.7. The predicted molar refractivity (Wildman–Crippen MR) is 91.6 cm³/mol. The molecule has 7 heteroatoms. The van der Waals surface area contributed by atoms with Crippen LogP contribution in [0.4, 0.5) is 0 Å². The number of hydrogen-bond acceptors (Lipinski definition) is 3. The Hall–Kier alpha value is -0.780. The van der Waals surface area contributed by atoms with Gasteiger partial charge in [-0.15, -0.1) is 24.8 Å². The average molecular weight is 339 g/mol. The lowest BCUT2D eigenvalue weighted by molar-refractivity contribution is -0.124. The molecule has 0 aliphatic rings. The fourth-order valence-electron chi connectivity index (χ4n) is 2.16. The highest BCUT2D eigenvalue weighted by molar-refractivity contribution is 5.85. The third-order valence-electron chi connectivity index (χ3n) is 3.52. The molecule has 124 valence electrons. The van der Waals surface area contributed by atoms with E-state index in [1.165, 1.54) is 5.56 Å². The van der Waals surface area contributed by atoms with E-state index in [1.54, 1.807) is 0 Å². The Morgan fingerprint density at radius 1 is 1.29 bits per heavy atom. The van der Waals surface area contributed by atoms with Gasteiger partial charge in [-0.1, -0.05) is 6.92 Å². The Morgan fingerprint density at radius 2 is 1.90 bits per heavy atom. The van der Waals surface area contributed by atoms with E-state index < -0.39 is 0 Å². The van der Waals surface area contributed by atoms with Crippen molar-refractivity contribution in [1.29, 1.82) is 0 Å². The summed E-state index contributed by atoms with van der Waals surface area (Å²) in [6, 6.07) is 0. The lowest BCUT2D eigenvalue weighted by Gasteiger charge is -2.12. The number of aromatic nitrogens is 2. The van der Waals surface area contributed by atoms with Crippen molar-refractivity contribution in [3.05, 3.63) is 17.0 Å². The van der Waals surface area contributed by atoms with Crippen LogP contribution < -0.4 is 10.6 Å². The normalized spacial score (nSPS) is 11.3. The summed E-state index contributed by atoms with van der Waals surface area (Å²) in [6.45, 7) is 7.68. The zero-order chi connectivity index (χ0) is 14.4. The average Bonchev–Trinajstić information content (AvgIpc) is 2.61. The van der Waals surface area contributed by atoms with Crippen LogP contribution in [0.15, 0.2) is 0 Å². The lowest BCUT2D eigenvalue weighted by atomic mass is 9.99. The molecule has 1 aromatic heterocycles. The van der Waals surface area contributed by atoms with Crippen molar-refractivity contribution >= 4 is 30.7 Å². The molecule has 1 atom stereocenters. The van der Waals surface area contributed by atoms with Crippen LogP contribution in [0.5, 0.6) is 0 Å². The minimum atomic E-state index is -0.0174. The zero-order valence-corrected chi connectivity index (χ0v) is 15.2. The SMILES string of the molecule is CNCCCNC(=O)C(C)Cc1c(C)nn(C)c1C.Cl.Cl. The van der Waals surface area contributed by atoms with Crippen LogP contribution in [0.2, 0.25) is 0 Å². The molecule has 0 spiro atoms. The number of nitrogens with zero attached hydrogens (tertiary/aromatic N) is 2. The molecule has 0 fully saturated rings. The second-order valence-electron chi connectivity index (χ2n) is 5.13. The minimum absolute atomic E-state index is 0. The molecule has 1 unspecified atom stereocenters. The van der Waals surface area contributed by atoms with Crippen LogP contribution in [0.25, 0.3) is 0 Å². The number of aryl methyl sites for hydroxylation is 2. The maximum Gasteiger partial charge on any atom is 0.223 e. The van der Waals surface area contributed by atoms with E-state index in [1.807, 2.05) is 39.5 Å². The van der Waals surface area contributed by atoms with Crippen LogP contribution in [0.3, 0.4) is 0 Å². The molecular formula is C14H28Cl2N4O. The molecule has 0 saturated carbocycles. The van der Waals surface area contributed by atoms with E-state index in [0.29, 0.717) is 0 Å². The summed E-state index contributed by atoms with van der Waals surface area (Å²) < 4.78 is 1.88. The number of amides is 1. The highest BCUT2D eigenvalue weighted by atomic mass is 35.5. The van der Waals surface area contributed by atoms with Crippen LogP contribution in [-0.4, -0.2) is 35.8 Å². The van der Waals surface area contributed by atoms with Gasteiger partial charge in [-0.25, -0.2) is 0 Å². The van der Waals surface area contributed by atoms with Crippen molar-refractivity contribution in [2.24, 2.45) is 13.0 Å². The van der Waals surface area contributed by atoms with Gasteiger partial charge in [0.1, 0.15) is 0 Å². The van der Waals surface area contributed by atoms with Crippen molar-refractivity contribution in [2.75, 3.05) is 20.1 Å². The minimum Gasteiger partial charge on any atom is -0.356 e. The third kappa shape index (κ3) is 6.68. The van der Waals surface area contributed by atoms with Crippen molar-refractivity contribution in [3.8, 4) is 0 Å². The number of nitrogens with one attached hydrogen (secondary N) is 2. The lowest BCUT2D eigenvalue weighted by Crippen LogP contribution is -2.32. The molecule has 1 rings (SSSR count). The topological polar surface area (TPSA) is 58.9 Å². The largest absolute Gasteiger partial charge is 0.356 e. The summed E-state index contributed by atoms with van der Waals surface area (Å²) >= 11 is 0. The van der Waals surface area contributed by atoms with Crippen LogP contribution in [-0.2, 0) is 18.3 Å². The van der Waals surface area contributed by atoms with Crippen molar-refractivity contribution in [1.82, 2.24) is 20.4 Å². The van der Waals surface area contributed by atoms with E-state index in [0.717, 1.165) is 37.3 Å². The molecule has 21 heavy (non-hydrogen) atoms. The van der Waals surface area contributed by atoms with Crippen molar-refractivity contribution in [3.63, 3.8) is 0 Å². The van der Waals surface area contributed by atoms with Crippen molar-refractivity contribution < 1.29 is 4.79 Å². The van der Waals surface area contributed by atoms with Crippen molar-refractivity contribution in [2.45, 2.75) is 33.6 Å². The Bertz CT molecular complexity index is 435. The van der Waals surface area contributed by atoms with E-state index >= 15 is 0 Å². The van der Waals surface area contributed by atoms with Gasteiger partial charge in [-0.3, -0.25) is 9.48 Å². The molecule has 0 saturated heterocycles. The molecule has 0 aliphatic carbocycles. The number of carbonyl (C=O) groups is 1. The summed E-state index contributed by atoms with van der Waals surface area (Å²) in [6.07, 6.45) is 1.71. The van der Waals surface area contributed by atoms with Crippen LogP contribution in [0.1, 0.15) is 30.3 Å². The molecule has 0 aromatic carbocycles. The van der Waals surface area contributed by atoms with Crippen LogP contribution in [0, 0.1) is 19.8 Å². The van der Waals surface area contributed by atoms with Gasteiger partial charge in [0, 0.05) is 25.2 Å². The highest BCUT2D eigenvalue weighted by Gasteiger charge is 2.17. The number of rotatable bonds is 7. The zero-order valence-electron chi connectivity index (χ0n) is 13.5. The molecule has 1 aromatic rings. The van der Waals surface area contributed by atoms with Gasteiger partial charge in [0.2, 0.25) is 5.91 Å². The summed E-state index contributed by atoms with van der Waals surface area (Å²) in [5.41, 5.74) is 3.36. The summed E-state index contributed by atoms with van der Waals surface area (Å²) in [5.74, 6) is 0.106. The fraction of sp³-hybridized carbons (Fsp3) is 0.714. The first-order chi connectivity index (χ1) is 8.97. The van der Waals surface area contributed by atoms with Gasteiger partial charge in [0.15, 0.2) is 0 Å². The van der Waals surface area contributed by atoms with Crippen LogP contribution >= 0.6 is 24.8 Å². The summed E-state index contributed by atoms with van der Waals surface area (Å²) in [5, 5.41) is 10.4. The van der Waals surface area contributed by atoms with E-state index in [2.05, 4.69) is 15.7 Å². The first-order valence-corrected chi connectivity index (χ1v) is 6.88. The van der Waals surface area contributed by atoms with E-state index in [9.17, 15) is 4.79 Å². The third-order valence-corrected chi connectivity index (χ3v) is 3.52. The second-order valence-corrected chi connectivity index (χ2v) is 5.13. The standard InChI is InChI=1S/C14H26N4O.2ClH/c1-10(14(19)16-8-6-7-15-4)9-13-11(2)17-18(5)12(13)3;;/h10,15H,6-9H2,1-5H3,(H,16,19);2*1H. The molecule has 0 radical (unpaired) electrons. The molecule has 1 heterocycles. The first-order valence-electron chi connectivity index (χ1n) is 6.88. The maximum absolute atomic E-state index is 12.0. The Morgan fingerprint density at radius 3 is 2.38 bits per heavy atom. The molecular weight excluding hydrogens is 311 g/mol. The number of halogens is 2. The summed E-state index contributed by atoms with van der Waals surface area (Å²) in [7, 11) is 3.85. The fourth-order valence-corrected chi connectivity index (χ4v) is 2.16. The quantitative estimate of drug-likeness (QED) is 0.745. The molecule has 0 aliphatic heterocycles. The first kappa shape index (κ1) is 22.5. The van der Waals surface area contributed by atoms with Gasteiger partial charge in [-0.2, -0.15) is 5.10 Å². The monoisotopic (exact) mass is 338 g/mol. The highest BCUT2D eigenvalue weighted by Crippen LogP contribution is 2.16. The smallest absolute Gasteiger partial charge is 0.223 e. The van der Waals surface area contributed by atoms with Gasteiger partial charge < -0.3 is 10.6 Å². The molecule has 1 amide bonds. The second kappa shape index (κ2) is 10.9. The van der Waals surface area contributed by atoms with Gasteiger partial charge in [0.25, 0.3) is 0 Å². The molecule has 0 bridgehead atoms. The molecule has 2 N–H and O–H groups in total. The molecule has 5 nitrogen and oxygen atoms in total. The Balaban J connectivity index is 0. The number of hydrogen-bond donors (Lipinski definition) is 2. The summed E-state index contributed by atoms with van der Waals surface area (Å²) in [4.78, 5) is 12.0. The van der Waals surface area contributed by atoms with Gasteiger partial charge >= 0.3 is 0 Å². The van der Waals surface area contributed by atoms with E-state index in [-0.39, 0.29) is 36.6 Å².